The Hall–Kier alpha value is -2.77. The molecule has 2 aliphatic carbocycles. The molecule has 2 atom stereocenters. The average molecular weight is 519 g/mol. The first-order chi connectivity index (χ1) is 18.0. The van der Waals surface area contributed by atoms with E-state index < -0.39 is 6.04 Å². The van der Waals surface area contributed by atoms with Gasteiger partial charge in [0.15, 0.2) is 0 Å². The molecule has 2 aromatic rings. The monoisotopic (exact) mass is 518 g/mol. The molecule has 1 aliphatic heterocycles. The van der Waals surface area contributed by atoms with Crippen molar-refractivity contribution >= 4 is 23.4 Å². The topological polar surface area (TPSA) is 91.5 Å². The fourth-order valence-electron chi connectivity index (χ4n) is 5.09. The van der Waals surface area contributed by atoms with Crippen LogP contribution in [0.2, 0.25) is 0 Å². The Balaban J connectivity index is 1.37. The van der Waals surface area contributed by atoms with Crippen LogP contribution in [-0.2, 0) is 6.42 Å². The number of aromatic nitrogens is 1. The van der Waals surface area contributed by atoms with E-state index in [1.165, 1.54) is 25.7 Å². The first-order valence-electron chi connectivity index (χ1n) is 13.5. The molecule has 2 saturated carbocycles. The first-order valence-corrected chi connectivity index (χ1v) is 14.7. The van der Waals surface area contributed by atoms with Gasteiger partial charge in [-0.3, -0.25) is 4.79 Å². The normalized spacial score (nSPS) is 19.8. The number of aliphatic hydroxyl groups excluding tert-OH is 1. The molecule has 0 bridgehead atoms. The highest BCUT2D eigenvalue weighted by atomic mass is 32.2. The third kappa shape index (κ3) is 6.21. The van der Waals surface area contributed by atoms with Crippen LogP contribution in [0.5, 0.6) is 0 Å². The molecule has 0 saturated heterocycles. The van der Waals surface area contributed by atoms with Crippen LogP contribution in [0.1, 0.15) is 66.8 Å². The number of rotatable bonds is 10. The molecule has 3 aliphatic rings. The second kappa shape index (κ2) is 11.3. The Morgan fingerprint density at radius 2 is 1.97 bits per heavy atom. The molecule has 2 heterocycles. The summed E-state index contributed by atoms with van der Waals surface area (Å²) in [6.45, 7) is 3.04. The number of pyridine rings is 1. The Morgan fingerprint density at radius 3 is 2.62 bits per heavy atom. The molecule has 0 spiro atoms. The van der Waals surface area contributed by atoms with Crippen molar-refractivity contribution in [3.8, 4) is 0 Å². The largest absolute Gasteiger partial charge is 0.402 e. The van der Waals surface area contributed by atoms with Crippen LogP contribution in [0.3, 0.4) is 0 Å². The highest BCUT2D eigenvalue weighted by molar-refractivity contribution is 7.98. The summed E-state index contributed by atoms with van der Waals surface area (Å²) in [6.07, 6.45) is 13.4. The van der Waals surface area contributed by atoms with Gasteiger partial charge in [0.25, 0.3) is 5.91 Å². The molecular weight excluding hydrogens is 480 g/mol. The number of thioether (sulfide) groups is 1. The summed E-state index contributed by atoms with van der Waals surface area (Å²) in [6, 6.07) is 11.2. The van der Waals surface area contributed by atoms with E-state index in [4.69, 9.17) is 10.7 Å². The highest BCUT2D eigenvalue weighted by Crippen LogP contribution is 2.40. The molecule has 0 radical (unpaired) electrons. The van der Waals surface area contributed by atoms with Gasteiger partial charge in [-0.05, 0) is 98.4 Å². The average Bonchev–Trinajstić information content (AvgIpc) is 3.83. The number of nitrogens with zero attached hydrogens (tertiary/aromatic N) is 2. The second-order valence-electron chi connectivity index (χ2n) is 10.6. The molecule has 7 heteroatoms. The van der Waals surface area contributed by atoms with E-state index in [0.29, 0.717) is 17.5 Å². The fourth-order valence-corrected chi connectivity index (χ4v) is 5.50. The minimum Gasteiger partial charge on any atom is -0.402 e. The summed E-state index contributed by atoms with van der Waals surface area (Å²) in [7, 11) is 0. The lowest BCUT2D eigenvalue weighted by Gasteiger charge is -2.32. The van der Waals surface area contributed by atoms with E-state index in [2.05, 4.69) is 29.3 Å². The molecule has 2 unspecified atom stereocenters. The predicted molar refractivity (Wildman–Crippen MR) is 150 cm³/mol. The quantitative estimate of drug-likeness (QED) is 0.296. The number of hydrogen-bond donors (Lipinski definition) is 3. The van der Waals surface area contributed by atoms with Crippen LogP contribution < -0.4 is 16.0 Å². The minimum atomic E-state index is -0.480. The van der Waals surface area contributed by atoms with E-state index in [0.717, 1.165) is 58.5 Å². The minimum absolute atomic E-state index is 0.175. The molecule has 1 amide bonds. The number of fused-ring (bicyclic) bond motifs is 1. The number of hydrogen-bond acceptors (Lipinski definition) is 6. The van der Waals surface area contributed by atoms with Crippen LogP contribution in [-0.4, -0.2) is 35.4 Å². The molecular formula is C30H38N4O2S. The summed E-state index contributed by atoms with van der Waals surface area (Å²) >= 11 is 1.66. The Morgan fingerprint density at radius 1 is 1.22 bits per heavy atom. The fraction of sp³-hybridized carbons (Fsp3) is 0.467. The molecule has 196 valence electrons. The number of nitrogens with two attached hydrogens (primary N) is 1. The third-order valence-electron chi connectivity index (χ3n) is 7.75. The number of carbonyl (C=O) groups is 1. The summed E-state index contributed by atoms with van der Waals surface area (Å²) in [5, 5.41) is 12.9. The van der Waals surface area contributed by atoms with E-state index in [1.54, 1.807) is 17.8 Å². The summed E-state index contributed by atoms with van der Waals surface area (Å²) in [4.78, 5) is 21.4. The number of anilines is 1. The number of carbonyl (C=O) groups excluding carboxylic acids is 1. The lowest BCUT2D eigenvalue weighted by molar-refractivity contribution is 0.0911. The van der Waals surface area contributed by atoms with E-state index in [9.17, 15) is 9.90 Å². The number of aliphatic hydroxyl groups is 1. The molecule has 6 nitrogen and oxygen atoms in total. The van der Waals surface area contributed by atoms with Gasteiger partial charge in [-0.1, -0.05) is 25.1 Å². The Bertz CT molecular complexity index is 1180. The summed E-state index contributed by atoms with van der Waals surface area (Å²) in [5.74, 6) is 1.53. The standard InChI is InChI=1S/C30H38N4O2S/c1-19(20-5-6-20)16-23(17-25(31)21-7-8-21)34-15-3-4-26-29(34)14-13-27(32-26)30(36)33-28(18-35)22-9-11-24(37-2)12-10-22/h9-14,16-17,19-21,28,35H,3-8,15,18,31H2,1-2H3,(H,33,36)/b23-16+,25-17-. The maximum Gasteiger partial charge on any atom is 0.270 e. The zero-order valence-electron chi connectivity index (χ0n) is 21.8. The van der Waals surface area contributed by atoms with Gasteiger partial charge in [0.2, 0.25) is 0 Å². The SMILES string of the molecule is CSc1ccc(C(CO)NC(=O)c2ccc3c(n2)CCCN3C(/C=C(\N)C2CC2)=C/C(C)C2CC2)cc1. The zero-order valence-corrected chi connectivity index (χ0v) is 22.6. The van der Waals surface area contributed by atoms with Crippen LogP contribution in [0.15, 0.2) is 64.8 Å². The van der Waals surface area contributed by atoms with E-state index in [1.807, 2.05) is 36.6 Å². The van der Waals surface area contributed by atoms with Gasteiger partial charge in [0.1, 0.15) is 5.69 Å². The van der Waals surface area contributed by atoms with Gasteiger partial charge in [0.05, 0.1) is 24.0 Å². The van der Waals surface area contributed by atoms with Crippen molar-refractivity contribution in [2.24, 2.45) is 23.5 Å². The number of nitrogens with one attached hydrogen (secondary N) is 1. The third-order valence-corrected chi connectivity index (χ3v) is 8.49. The smallest absolute Gasteiger partial charge is 0.270 e. The summed E-state index contributed by atoms with van der Waals surface area (Å²) in [5.41, 5.74) is 11.9. The maximum atomic E-state index is 13.1. The van der Waals surface area contributed by atoms with Crippen LogP contribution in [0.4, 0.5) is 5.69 Å². The number of benzene rings is 1. The molecule has 1 aromatic carbocycles. The number of allylic oxidation sites excluding steroid dienone is 3. The molecule has 5 rings (SSSR count). The van der Waals surface area contributed by atoms with Crippen LogP contribution in [0, 0.1) is 17.8 Å². The van der Waals surface area contributed by atoms with Crippen molar-refractivity contribution < 1.29 is 9.90 Å². The highest BCUT2D eigenvalue weighted by Gasteiger charge is 2.30. The van der Waals surface area contributed by atoms with Crippen molar-refractivity contribution in [2.75, 3.05) is 24.3 Å². The molecule has 4 N–H and O–H groups in total. The van der Waals surface area contributed by atoms with Crippen molar-refractivity contribution in [3.05, 3.63) is 76.9 Å². The molecule has 2 fully saturated rings. The predicted octanol–water partition coefficient (Wildman–Crippen LogP) is 5.20. The van der Waals surface area contributed by atoms with Crippen LogP contribution in [0.25, 0.3) is 0 Å². The number of amides is 1. The van der Waals surface area contributed by atoms with Gasteiger partial charge in [-0.15, -0.1) is 11.8 Å². The van der Waals surface area contributed by atoms with E-state index >= 15 is 0 Å². The second-order valence-corrected chi connectivity index (χ2v) is 11.5. The summed E-state index contributed by atoms with van der Waals surface area (Å²) < 4.78 is 0. The van der Waals surface area contributed by atoms with Gasteiger partial charge in [0, 0.05) is 22.8 Å². The van der Waals surface area contributed by atoms with E-state index in [-0.39, 0.29) is 12.5 Å². The zero-order chi connectivity index (χ0) is 25.9. The van der Waals surface area contributed by atoms with Gasteiger partial charge in [-0.25, -0.2) is 4.98 Å². The van der Waals surface area contributed by atoms with Gasteiger partial charge >= 0.3 is 0 Å². The maximum absolute atomic E-state index is 13.1. The Kier molecular flexibility index (Phi) is 7.91. The lowest BCUT2D eigenvalue weighted by atomic mass is 10.0. The lowest BCUT2D eigenvalue weighted by Crippen LogP contribution is -2.33. The first kappa shape index (κ1) is 25.9. The van der Waals surface area contributed by atoms with Crippen molar-refractivity contribution in [1.82, 2.24) is 10.3 Å². The van der Waals surface area contributed by atoms with Crippen molar-refractivity contribution in [2.45, 2.75) is 56.4 Å². The van der Waals surface area contributed by atoms with Gasteiger partial charge in [-0.2, -0.15) is 0 Å². The van der Waals surface area contributed by atoms with Gasteiger partial charge < -0.3 is 21.1 Å². The molecule has 37 heavy (non-hydrogen) atoms. The number of aryl methyl sites for hydroxylation is 1. The van der Waals surface area contributed by atoms with Crippen LogP contribution >= 0.6 is 11.8 Å². The Labute approximate surface area is 224 Å². The van der Waals surface area contributed by atoms with Crippen molar-refractivity contribution in [3.63, 3.8) is 0 Å². The molecule has 1 aromatic heterocycles. The van der Waals surface area contributed by atoms with Crippen molar-refractivity contribution in [1.29, 1.82) is 0 Å².